The normalized spacial score (nSPS) is 16.4. The molecule has 3 aromatic rings. The monoisotopic (exact) mass is 605 g/mol. The van der Waals surface area contributed by atoms with Gasteiger partial charge in [0.05, 0.1) is 17.8 Å². The average molecular weight is 607 g/mol. The summed E-state index contributed by atoms with van der Waals surface area (Å²) in [5, 5.41) is 0.156. The predicted octanol–water partition coefficient (Wildman–Crippen LogP) is 6.77. The predicted molar refractivity (Wildman–Crippen MR) is 159 cm³/mol. The molecular formula is C29H34Cl2FN5O4. The van der Waals surface area contributed by atoms with Gasteiger partial charge in [-0.15, -0.1) is 0 Å². The first-order valence-electron chi connectivity index (χ1n) is 13.1. The molecule has 1 fully saturated rings. The number of amides is 1. The van der Waals surface area contributed by atoms with Crippen molar-refractivity contribution in [2.24, 2.45) is 0 Å². The van der Waals surface area contributed by atoms with Gasteiger partial charge in [-0.3, -0.25) is 0 Å². The minimum absolute atomic E-state index is 0.0574. The minimum atomic E-state index is -0.716. The lowest BCUT2D eigenvalue weighted by atomic mass is 10.1. The minimum Gasteiger partial charge on any atom is -0.493 e. The van der Waals surface area contributed by atoms with E-state index >= 15 is 0 Å². The fourth-order valence-electron chi connectivity index (χ4n) is 4.58. The quantitative estimate of drug-likeness (QED) is 0.307. The van der Waals surface area contributed by atoms with Gasteiger partial charge in [-0.1, -0.05) is 23.2 Å². The second-order valence-corrected chi connectivity index (χ2v) is 11.6. The molecule has 0 saturated carbocycles. The Hall–Kier alpha value is -3.50. The van der Waals surface area contributed by atoms with E-state index < -0.39 is 17.5 Å². The number of nitrogens with two attached hydrogens (primary N) is 1. The maximum atomic E-state index is 14.1. The average Bonchev–Trinajstić information content (AvgIpc) is 2.91. The van der Waals surface area contributed by atoms with Crippen molar-refractivity contribution in [3.8, 4) is 22.8 Å². The van der Waals surface area contributed by atoms with E-state index in [1.807, 2.05) is 39.8 Å². The summed E-state index contributed by atoms with van der Waals surface area (Å²) >= 11 is 12.5. The van der Waals surface area contributed by atoms with Crippen molar-refractivity contribution in [3.63, 3.8) is 0 Å². The first kappa shape index (κ1) is 30.5. The Bertz CT molecular complexity index is 1440. The number of methoxy groups -OCH3 is 1. The lowest BCUT2D eigenvalue weighted by Crippen LogP contribution is -2.54. The molecule has 0 spiro atoms. The maximum Gasteiger partial charge on any atom is 0.410 e. The summed E-state index contributed by atoms with van der Waals surface area (Å²) in [6.45, 7) is 10.7. The first-order chi connectivity index (χ1) is 19.3. The molecule has 1 aliphatic rings. The number of hydrogen-bond acceptors (Lipinski definition) is 8. The summed E-state index contributed by atoms with van der Waals surface area (Å²) in [5.41, 5.74) is 7.10. The number of carbonyl (C=O) groups is 1. The largest absolute Gasteiger partial charge is 0.493 e. The van der Waals surface area contributed by atoms with Crippen LogP contribution in [0.15, 0.2) is 36.5 Å². The van der Waals surface area contributed by atoms with Crippen LogP contribution in [-0.4, -0.2) is 59.3 Å². The van der Waals surface area contributed by atoms with Crippen molar-refractivity contribution < 1.29 is 23.4 Å². The molecule has 2 N–H and O–H groups in total. The molecule has 0 bridgehead atoms. The third-order valence-corrected chi connectivity index (χ3v) is 7.29. The van der Waals surface area contributed by atoms with Gasteiger partial charge in [0.1, 0.15) is 17.5 Å². The molecule has 0 aliphatic carbocycles. The van der Waals surface area contributed by atoms with Gasteiger partial charge in [0.2, 0.25) is 0 Å². The number of anilines is 2. The number of benzene rings is 1. The standard InChI is InChI=1S/C29H34Cl2FN5O4/c1-16-15-36(28(38)41-29(3,4)5)11-12-37(16)27-22(39-6)10-9-21(35-27)18-13-23(26(33)34-14-18)40-17(2)24-19(30)7-8-20(32)25(24)31/h7-10,13-14,16-17H,11-12,15H2,1-6H3,(H2,33,34)/t16?,17-/m1/s1. The van der Waals surface area contributed by atoms with Crippen LogP contribution in [0.5, 0.6) is 11.5 Å². The maximum absolute atomic E-state index is 14.1. The van der Waals surface area contributed by atoms with Gasteiger partial charge >= 0.3 is 6.09 Å². The SMILES string of the molecule is COc1ccc(-c2cnc(N)c(O[C@H](C)c3c(Cl)ccc(F)c3Cl)c2)nc1N1CCN(C(=O)OC(C)(C)C)CC1C. The van der Waals surface area contributed by atoms with Crippen LogP contribution >= 0.6 is 23.2 Å². The highest BCUT2D eigenvalue weighted by molar-refractivity contribution is 6.36. The summed E-state index contributed by atoms with van der Waals surface area (Å²) in [4.78, 5) is 25.6. The number of carbonyl (C=O) groups excluding carboxylic acids is 1. The van der Waals surface area contributed by atoms with E-state index in [9.17, 15) is 9.18 Å². The van der Waals surface area contributed by atoms with E-state index in [1.54, 1.807) is 31.2 Å². The molecule has 2 aromatic heterocycles. The third-order valence-electron chi connectivity index (χ3n) is 6.58. The van der Waals surface area contributed by atoms with Crippen molar-refractivity contribution in [2.45, 2.75) is 52.4 Å². The molecule has 1 aliphatic heterocycles. The van der Waals surface area contributed by atoms with Crippen LogP contribution in [0.3, 0.4) is 0 Å². The van der Waals surface area contributed by atoms with Gasteiger partial charge in [0, 0.05) is 48.0 Å². The van der Waals surface area contributed by atoms with Crippen LogP contribution < -0.4 is 20.1 Å². The third kappa shape index (κ3) is 6.87. The summed E-state index contributed by atoms with van der Waals surface area (Å²) in [7, 11) is 1.59. The van der Waals surface area contributed by atoms with E-state index in [1.165, 1.54) is 12.1 Å². The van der Waals surface area contributed by atoms with Gasteiger partial charge in [0.25, 0.3) is 0 Å². The number of nitrogen functional groups attached to an aromatic ring is 1. The molecule has 1 aromatic carbocycles. The molecule has 1 saturated heterocycles. The second kappa shape index (κ2) is 12.2. The zero-order valence-corrected chi connectivity index (χ0v) is 25.4. The molecule has 9 nitrogen and oxygen atoms in total. The molecule has 220 valence electrons. The van der Waals surface area contributed by atoms with Crippen LogP contribution in [0, 0.1) is 5.82 Å². The summed E-state index contributed by atoms with van der Waals surface area (Å²) in [6.07, 6.45) is 0.539. The van der Waals surface area contributed by atoms with E-state index in [0.29, 0.717) is 48.0 Å². The Morgan fingerprint density at radius 2 is 1.90 bits per heavy atom. The Kier molecular flexibility index (Phi) is 9.03. The van der Waals surface area contributed by atoms with Gasteiger partial charge in [-0.2, -0.15) is 0 Å². The molecule has 3 heterocycles. The van der Waals surface area contributed by atoms with Gasteiger partial charge in [-0.25, -0.2) is 19.2 Å². The van der Waals surface area contributed by atoms with Crippen LogP contribution in [0.25, 0.3) is 11.3 Å². The molecule has 41 heavy (non-hydrogen) atoms. The number of piperazine rings is 1. The number of aromatic nitrogens is 2. The van der Waals surface area contributed by atoms with Crippen LogP contribution in [0.1, 0.15) is 46.3 Å². The molecule has 0 radical (unpaired) electrons. The molecular weight excluding hydrogens is 572 g/mol. The van der Waals surface area contributed by atoms with Crippen molar-refractivity contribution in [2.75, 3.05) is 37.4 Å². The topological polar surface area (TPSA) is 103 Å². The Labute approximate surface area is 249 Å². The van der Waals surface area contributed by atoms with E-state index in [0.717, 1.165) is 0 Å². The molecule has 1 amide bonds. The summed E-state index contributed by atoms with van der Waals surface area (Å²) < 4.78 is 31.3. The van der Waals surface area contributed by atoms with Crippen molar-refractivity contribution in [3.05, 3.63) is 58.0 Å². The number of ether oxygens (including phenoxy) is 3. The lowest BCUT2D eigenvalue weighted by molar-refractivity contribution is 0.0218. The second-order valence-electron chi connectivity index (χ2n) is 10.8. The number of pyridine rings is 2. The fourth-order valence-corrected chi connectivity index (χ4v) is 5.26. The highest BCUT2D eigenvalue weighted by Crippen LogP contribution is 2.38. The number of rotatable bonds is 6. The summed E-state index contributed by atoms with van der Waals surface area (Å²) in [6, 6.07) is 7.91. The van der Waals surface area contributed by atoms with Gasteiger partial charge in [0.15, 0.2) is 23.1 Å². The summed E-state index contributed by atoms with van der Waals surface area (Å²) in [5.74, 6) is 1.04. The molecule has 12 heteroatoms. The lowest BCUT2D eigenvalue weighted by Gasteiger charge is -2.41. The molecule has 2 atom stereocenters. The van der Waals surface area contributed by atoms with Crippen molar-refractivity contribution >= 4 is 40.9 Å². The van der Waals surface area contributed by atoms with E-state index in [4.69, 9.17) is 48.1 Å². The number of hydrogen-bond donors (Lipinski definition) is 1. The Balaban J connectivity index is 1.59. The van der Waals surface area contributed by atoms with Crippen molar-refractivity contribution in [1.29, 1.82) is 0 Å². The Morgan fingerprint density at radius 3 is 2.56 bits per heavy atom. The first-order valence-corrected chi connectivity index (χ1v) is 13.9. The smallest absolute Gasteiger partial charge is 0.410 e. The van der Waals surface area contributed by atoms with Crippen molar-refractivity contribution in [1.82, 2.24) is 14.9 Å². The van der Waals surface area contributed by atoms with Crippen LogP contribution in [0.4, 0.5) is 20.8 Å². The zero-order chi connectivity index (χ0) is 30.1. The van der Waals surface area contributed by atoms with E-state index in [2.05, 4.69) is 9.88 Å². The highest BCUT2D eigenvalue weighted by atomic mass is 35.5. The zero-order valence-electron chi connectivity index (χ0n) is 23.9. The Morgan fingerprint density at radius 1 is 1.17 bits per heavy atom. The van der Waals surface area contributed by atoms with Gasteiger partial charge < -0.3 is 29.7 Å². The fraction of sp³-hybridized carbons (Fsp3) is 0.414. The molecule has 1 unspecified atom stereocenters. The van der Waals surface area contributed by atoms with Crippen LogP contribution in [0.2, 0.25) is 10.0 Å². The van der Waals surface area contributed by atoms with Crippen LogP contribution in [-0.2, 0) is 4.74 Å². The van der Waals surface area contributed by atoms with E-state index in [-0.39, 0.29) is 33.7 Å². The molecule has 4 rings (SSSR count). The number of halogens is 3. The highest BCUT2D eigenvalue weighted by Gasteiger charge is 2.32. The number of nitrogens with zero attached hydrogens (tertiary/aromatic N) is 4. The van der Waals surface area contributed by atoms with Gasteiger partial charge in [-0.05, 0) is 65.0 Å².